The van der Waals surface area contributed by atoms with Crippen molar-refractivity contribution in [2.75, 3.05) is 31.7 Å². The maximum atomic E-state index is 8.87. The second-order valence-electron chi connectivity index (χ2n) is 8.07. The van der Waals surface area contributed by atoms with Crippen molar-refractivity contribution in [3.8, 4) is 0 Å². The molecule has 184 valence electrons. The molecular formula is C24H27ClN6O3S. The lowest BCUT2D eigenvalue weighted by Gasteiger charge is -2.24. The molecule has 0 amide bonds. The van der Waals surface area contributed by atoms with E-state index in [2.05, 4.69) is 37.8 Å². The van der Waals surface area contributed by atoms with Crippen molar-refractivity contribution in [3.63, 3.8) is 0 Å². The number of hydrogen-bond acceptors (Lipinski definition) is 9. The number of pyridine rings is 2. The van der Waals surface area contributed by atoms with Gasteiger partial charge in [0.25, 0.3) is 0 Å². The number of rotatable bonds is 8. The summed E-state index contributed by atoms with van der Waals surface area (Å²) in [6.07, 6.45) is 5.85. The van der Waals surface area contributed by atoms with Crippen molar-refractivity contribution in [2.24, 2.45) is 5.16 Å². The smallest absolute Gasteiger partial charge is 0.200 e. The topological polar surface area (TPSA) is 106 Å². The van der Waals surface area contributed by atoms with Gasteiger partial charge in [0.15, 0.2) is 10.8 Å². The molecule has 0 aliphatic carbocycles. The summed E-state index contributed by atoms with van der Waals surface area (Å²) in [6.45, 7) is 3.55. The molecule has 4 heterocycles. The largest absolute Gasteiger partial charge is 0.393 e. The number of anilines is 1. The van der Waals surface area contributed by atoms with Crippen LogP contribution in [0.5, 0.6) is 0 Å². The van der Waals surface area contributed by atoms with E-state index >= 15 is 0 Å². The van der Waals surface area contributed by atoms with E-state index in [1.54, 1.807) is 11.8 Å². The highest BCUT2D eigenvalue weighted by Gasteiger charge is 2.14. The van der Waals surface area contributed by atoms with Crippen LogP contribution in [-0.2, 0) is 9.57 Å². The summed E-state index contributed by atoms with van der Waals surface area (Å²) in [5.41, 5.74) is 4.32. The van der Waals surface area contributed by atoms with Crippen LogP contribution in [0.3, 0.4) is 0 Å². The van der Waals surface area contributed by atoms with Crippen LogP contribution in [-0.4, -0.2) is 62.9 Å². The van der Waals surface area contributed by atoms with Crippen LogP contribution < -0.4 is 5.32 Å². The monoisotopic (exact) mass is 514 g/mol. The van der Waals surface area contributed by atoms with Gasteiger partial charge in [-0.15, -0.1) is 22.6 Å². The van der Waals surface area contributed by atoms with Crippen molar-refractivity contribution in [1.29, 1.82) is 0 Å². The van der Waals surface area contributed by atoms with E-state index in [4.69, 9.17) is 14.7 Å². The van der Waals surface area contributed by atoms with Gasteiger partial charge in [-0.05, 0) is 67.9 Å². The van der Waals surface area contributed by atoms with Crippen molar-refractivity contribution in [2.45, 2.75) is 35.9 Å². The maximum absolute atomic E-state index is 8.87. The van der Waals surface area contributed by atoms with E-state index in [0.717, 1.165) is 63.9 Å². The molecule has 1 saturated heterocycles. The van der Waals surface area contributed by atoms with E-state index in [9.17, 15) is 0 Å². The zero-order valence-electron chi connectivity index (χ0n) is 19.3. The van der Waals surface area contributed by atoms with Crippen molar-refractivity contribution in [3.05, 3.63) is 54.4 Å². The number of aliphatic hydroxyl groups is 1. The number of nitrogens with one attached hydrogen (secondary N) is 1. The number of ether oxygens (including phenoxy) is 1. The molecule has 0 bridgehead atoms. The minimum absolute atomic E-state index is 0. The SMILES string of the molecule is C/C(=N\OCCO)c1ccc2nnc(Sc3ccc4ncc(NC5CCOCC5)cc4c3)n2c1.Cl. The summed E-state index contributed by atoms with van der Waals surface area (Å²) >= 11 is 1.54. The molecule has 0 saturated carbocycles. The van der Waals surface area contributed by atoms with Crippen LogP contribution in [0.15, 0.2) is 64.0 Å². The molecule has 1 fully saturated rings. The molecule has 0 spiro atoms. The summed E-state index contributed by atoms with van der Waals surface area (Å²) in [7, 11) is 0. The molecule has 11 heteroatoms. The van der Waals surface area contributed by atoms with E-state index in [1.165, 1.54) is 0 Å². The summed E-state index contributed by atoms with van der Waals surface area (Å²) in [6, 6.07) is 12.6. The third-order valence-electron chi connectivity index (χ3n) is 5.63. The predicted molar refractivity (Wildman–Crippen MR) is 139 cm³/mol. The fourth-order valence-electron chi connectivity index (χ4n) is 3.82. The molecule has 0 radical (unpaired) electrons. The minimum Gasteiger partial charge on any atom is -0.393 e. The quantitative estimate of drug-likeness (QED) is 0.205. The number of aromatic nitrogens is 4. The molecule has 2 N–H and O–H groups in total. The average molecular weight is 515 g/mol. The van der Waals surface area contributed by atoms with Gasteiger partial charge in [0.1, 0.15) is 6.61 Å². The molecule has 0 atom stereocenters. The Morgan fingerprint density at radius 1 is 1.23 bits per heavy atom. The van der Waals surface area contributed by atoms with Gasteiger partial charge in [-0.1, -0.05) is 5.16 Å². The second kappa shape index (κ2) is 11.7. The lowest BCUT2D eigenvalue weighted by molar-refractivity contribution is 0.0904. The van der Waals surface area contributed by atoms with E-state index in [1.807, 2.05) is 48.0 Å². The Labute approximate surface area is 213 Å². The number of hydrogen-bond donors (Lipinski definition) is 2. The number of halogens is 1. The van der Waals surface area contributed by atoms with Crippen LogP contribution in [0.25, 0.3) is 16.6 Å². The number of fused-ring (bicyclic) bond motifs is 2. The number of benzene rings is 1. The van der Waals surface area contributed by atoms with Gasteiger partial charge in [0.05, 0.1) is 29.7 Å². The first-order valence-electron chi connectivity index (χ1n) is 11.2. The van der Waals surface area contributed by atoms with Crippen molar-refractivity contribution < 1.29 is 14.7 Å². The van der Waals surface area contributed by atoms with Crippen molar-refractivity contribution >= 4 is 52.1 Å². The Kier molecular flexibility index (Phi) is 8.40. The standard InChI is InChI=1S/C24H26N6O3S.ClH/c1-16(29-33-11-8-31)17-2-5-23-27-28-24(30(23)15-17)34-21-3-4-22-18(13-21)12-20(14-25-22)26-19-6-9-32-10-7-19;/h2-5,12-15,19,26,31H,6-11H2,1H3;1H/b29-16+;. The highest BCUT2D eigenvalue weighted by atomic mass is 35.5. The third-order valence-corrected chi connectivity index (χ3v) is 6.58. The Bertz CT molecular complexity index is 1330. The Hall–Kier alpha value is -2.92. The molecular weight excluding hydrogens is 488 g/mol. The molecule has 9 nitrogen and oxygen atoms in total. The van der Waals surface area contributed by atoms with E-state index in [0.29, 0.717) is 11.8 Å². The zero-order chi connectivity index (χ0) is 23.3. The fraction of sp³-hybridized carbons (Fsp3) is 0.333. The molecule has 3 aromatic heterocycles. The Morgan fingerprint density at radius 3 is 2.91 bits per heavy atom. The highest BCUT2D eigenvalue weighted by molar-refractivity contribution is 7.99. The molecule has 1 aromatic carbocycles. The van der Waals surface area contributed by atoms with E-state index in [-0.39, 0.29) is 25.6 Å². The fourth-order valence-corrected chi connectivity index (χ4v) is 4.68. The third kappa shape index (κ3) is 6.02. The van der Waals surface area contributed by atoms with Crippen molar-refractivity contribution in [1.82, 2.24) is 19.6 Å². The maximum Gasteiger partial charge on any atom is 0.200 e. The van der Waals surface area contributed by atoms with Gasteiger partial charge in [-0.2, -0.15) is 0 Å². The normalized spacial score (nSPS) is 14.7. The first-order chi connectivity index (χ1) is 16.7. The molecule has 4 aromatic rings. The molecule has 1 aliphatic rings. The van der Waals surface area contributed by atoms with Gasteiger partial charge in [0.2, 0.25) is 0 Å². The Morgan fingerprint density at radius 2 is 2.09 bits per heavy atom. The van der Waals surface area contributed by atoms with Crippen LogP contribution >= 0.6 is 24.2 Å². The zero-order valence-corrected chi connectivity index (χ0v) is 20.9. The summed E-state index contributed by atoms with van der Waals surface area (Å²) in [4.78, 5) is 10.8. The van der Waals surface area contributed by atoms with Crippen LogP contribution in [0, 0.1) is 0 Å². The Balaban J connectivity index is 0.00000289. The van der Waals surface area contributed by atoms with Crippen LogP contribution in [0.2, 0.25) is 0 Å². The lowest BCUT2D eigenvalue weighted by atomic mass is 10.1. The number of nitrogens with zero attached hydrogens (tertiary/aromatic N) is 5. The van der Waals surface area contributed by atoms with Gasteiger partial charge < -0.3 is 20.0 Å². The predicted octanol–water partition coefficient (Wildman–Crippen LogP) is 4.17. The molecule has 1 aliphatic heterocycles. The minimum atomic E-state index is -0.0730. The number of aliphatic hydroxyl groups excluding tert-OH is 1. The van der Waals surface area contributed by atoms with Gasteiger partial charge in [-0.3, -0.25) is 9.38 Å². The molecule has 35 heavy (non-hydrogen) atoms. The van der Waals surface area contributed by atoms with Gasteiger partial charge in [0, 0.05) is 41.3 Å². The molecule has 0 unspecified atom stereocenters. The number of oxime groups is 1. The lowest BCUT2D eigenvalue weighted by Crippen LogP contribution is -2.27. The van der Waals surface area contributed by atoms with Gasteiger partial charge >= 0.3 is 0 Å². The van der Waals surface area contributed by atoms with Gasteiger partial charge in [-0.25, -0.2) is 0 Å². The average Bonchev–Trinajstić information content (AvgIpc) is 3.26. The molecule has 5 rings (SSSR count). The van der Waals surface area contributed by atoms with Crippen LogP contribution in [0.4, 0.5) is 5.69 Å². The summed E-state index contributed by atoms with van der Waals surface area (Å²) < 4.78 is 7.39. The first-order valence-corrected chi connectivity index (χ1v) is 12.1. The summed E-state index contributed by atoms with van der Waals surface area (Å²) in [5, 5.41) is 27.0. The highest BCUT2D eigenvalue weighted by Crippen LogP contribution is 2.30. The second-order valence-corrected chi connectivity index (χ2v) is 9.11. The van der Waals surface area contributed by atoms with E-state index < -0.39 is 0 Å². The first kappa shape index (κ1) is 25.2. The summed E-state index contributed by atoms with van der Waals surface area (Å²) in [5.74, 6) is 0. The van der Waals surface area contributed by atoms with Crippen LogP contribution in [0.1, 0.15) is 25.3 Å².